The van der Waals surface area contributed by atoms with Gasteiger partial charge in [0.05, 0.1) is 24.8 Å². The molecule has 0 saturated carbocycles. The van der Waals surface area contributed by atoms with Gasteiger partial charge in [0.15, 0.2) is 0 Å². The molecular weight excluding hydrogens is 240 g/mol. The Bertz CT molecular complexity index is 543. The highest BCUT2D eigenvalue weighted by Crippen LogP contribution is 2.19. The van der Waals surface area contributed by atoms with E-state index in [0.29, 0.717) is 13.2 Å². The third kappa shape index (κ3) is 3.50. The Morgan fingerprint density at radius 3 is 2.89 bits per heavy atom. The highest BCUT2D eigenvalue weighted by atomic mass is 16.5. The number of aliphatic hydroxyl groups excluding tert-OH is 1. The number of hydrogen-bond acceptors (Lipinski definition) is 4. The van der Waals surface area contributed by atoms with E-state index in [1.54, 1.807) is 7.11 Å². The largest absolute Gasteiger partial charge is 0.394 e. The lowest BCUT2D eigenvalue weighted by atomic mass is 10.0. The second kappa shape index (κ2) is 6.61. The van der Waals surface area contributed by atoms with Crippen LogP contribution in [-0.2, 0) is 4.74 Å². The van der Waals surface area contributed by atoms with Crippen molar-refractivity contribution in [3.05, 3.63) is 41.6 Å². The van der Waals surface area contributed by atoms with Crippen LogP contribution in [0.25, 0.3) is 10.9 Å². The molecule has 1 atom stereocenters. The molecule has 2 aromatic rings. The van der Waals surface area contributed by atoms with Gasteiger partial charge < -0.3 is 15.2 Å². The molecule has 0 aliphatic carbocycles. The van der Waals surface area contributed by atoms with Gasteiger partial charge in [0, 0.05) is 24.7 Å². The van der Waals surface area contributed by atoms with E-state index >= 15 is 0 Å². The summed E-state index contributed by atoms with van der Waals surface area (Å²) in [6, 6.07) is 10.1. The van der Waals surface area contributed by atoms with Crippen molar-refractivity contribution in [2.45, 2.75) is 13.0 Å². The van der Waals surface area contributed by atoms with Gasteiger partial charge in [-0.25, -0.2) is 0 Å². The second-order valence-electron chi connectivity index (χ2n) is 4.59. The molecule has 0 radical (unpaired) electrons. The van der Waals surface area contributed by atoms with Gasteiger partial charge in [-0.3, -0.25) is 4.98 Å². The zero-order valence-electron chi connectivity index (χ0n) is 11.4. The van der Waals surface area contributed by atoms with Crippen molar-refractivity contribution < 1.29 is 9.84 Å². The van der Waals surface area contributed by atoms with Gasteiger partial charge in [-0.05, 0) is 30.7 Å². The highest BCUT2D eigenvalue weighted by molar-refractivity contribution is 5.79. The van der Waals surface area contributed by atoms with Crippen LogP contribution in [0.15, 0.2) is 30.3 Å². The summed E-state index contributed by atoms with van der Waals surface area (Å²) in [6.07, 6.45) is 0. The van der Waals surface area contributed by atoms with Crippen LogP contribution in [0.4, 0.5) is 0 Å². The molecule has 4 heteroatoms. The average molecular weight is 260 g/mol. The van der Waals surface area contributed by atoms with E-state index in [2.05, 4.69) is 22.4 Å². The van der Waals surface area contributed by atoms with Crippen molar-refractivity contribution in [1.82, 2.24) is 10.3 Å². The van der Waals surface area contributed by atoms with Crippen LogP contribution in [0, 0.1) is 6.92 Å². The van der Waals surface area contributed by atoms with E-state index in [1.807, 2.05) is 25.1 Å². The van der Waals surface area contributed by atoms with Gasteiger partial charge in [0.25, 0.3) is 0 Å². The van der Waals surface area contributed by atoms with Gasteiger partial charge in [-0.2, -0.15) is 0 Å². The first-order valence-corrected chi connectivity index (χ1v) is 6.45. The molecule has 2 N–H and O–H groups in total. The first-order chi connectivity index (χ1) is 9.24. The first-order valence-electron chi connectivity index (χ1n) is 6.45. The fourth-order valence-electron chi connectivity index (χ4n) is 2.09. The Labute approximate surface area is 113 Å². The number of nitrogens with zero attached hydrogens (tertiary/aromatic N) is 1. The maximum Gasteiger partial charge on any atom is 0.0705 e. The maximum absolute atomic E-state index is 9.48. The molecular formula is C15H20N2O2. The first kappa shape index (κ1) is 13.9. The Morgan fingerprint density at radius 2 is 2.16 bits per heavy atom. The van der Waals surface area contributed by atoms with E-state index in [4.69, 9.17) is 4.74 Å². The maximum atomic E-state index is 9.48. The van der Waals surface area contributed by atoms with Crippen molar-refractivity contribution >= 4 is 10.9 Å². The molecule has 102 valence electrons. The lowest BCUT2D eigenvalue weighted by Gasteiger charge is -2.17. The third-order valence-corrected chi connectivity index (χ3v) is 3.13. The van der Waals surface area contributed by atoms with Crippen LogP contribution in [-0.4, -0.2) is 37.0 Å². The summed E-state index contributed by atoms with van der Waals surface area (Å²) in [6.45, 7) is 3.39. The van der Waals surface area contributed by atoms with E-state index in [-0.39, 0.29) is 12.6 Å². The summed E-state index contributed by atoms with van der Waals surface area (Å²) in [4.78, 5) is 4.47. The standard InChI is InChI=1S/C15H20N2O2/c1-11-3-4-12-9-13(5-6-14(12)17-11)15(10-18)16-7-8-19-2/h3-6,9,15-16,18H,7-8,10H2,1-2H3. The SMILES string of the molecule is COCCNC(CO)c1ccc2nc(C)ccc2c1. The van der Waals surface area contributed by atoms with Crippen LogP contribution in [0.3, 0.4) is 0 Å². The molecule has 1 unspecified atom stereocenters. The molecule has 0 aliphatic heterocycles. The minimum atomic E-state index is -0.0687. The quantitative estimate of drug-likeness (QED) is 0.778. The Balaban J connectivity index is 2.20. The molecule has 0 saturated heterocycles. The zero-order valence-corrected chi connectivity index (χ0v) is 11.4. The van der Waals surface area contributed by atoms with Crippen molar-refractivity contribution in [3.8, 4) is 0 Å². The molecule has 0 spiro atoms. The Hall–Kier alpha value is -1.49. The predicted octanol–water partition coefficient (Wildman–Crippen LogP) is 1.81. The van der Waals surface area contributed by atoms with Crippen molar-refractivity contribution in [1.29, 1.82) is 0 Å². The average Bonchev–Trinajstić information content (AvgIpc) is 2.43. The van der Waals surface area contributed by atoms with Crippen molar-refractivity contribution in [3.63, 3.8) is 0 Å². The molecule has 0 bridgehead atoms. The molecule has 19 heavy (non-hydrogen) atoms. The molecule has 0 aliphatic rings. The summed E-state index contributed by atoms with van der Waals surface area (Å²) in [5.41, 5.74) is 3.06. The topological polar surface area (TPSA) is 54.4 Å². The van der Waals surface area contributed by atoms with Crippen LogP contribution >= 0.6 is 0 Å². The smallest absolute Gasteiger partial charge is 0.0705 e. The molecule has 4 nitrogen and oxygen atoms in total. The van der Waals surface area contributed by atoms with Gasteiger partial charge >= 0.3 is 0 Å². The zero-order chi connectivity index (χ0) is 13.7. The number of ether oxygens (including phenoxy) is 1. The van der Waals surface area contributed by atoms with Crippen LogP contribution < -0.4 is 5.32 Å². The Kier molecular flexibility index (Phi) is 4.85. The highest BCUT2D eigenvalue weighted by Gasteiger charge is 2.10. The fourth-order valence-corrected chi connectivity index (χ4v) is 2.09. The number of pyridine rings is 1. The van der Waals surface area contributed by atoms with Crippen LogP contribution in [0.2, 0.25) is 0 Å². The monoisotopic (exact) mass is 260 g/mol. The minimum absolute atomic E-state index is 0.0640. The fraction of sp³-hybridized carbons (Fsp3) is 0.400. The molecule has 1 heterocycles. The third-order valence-electron chi connectivity index (χ3n) is 3.13. The second-order valence-corrected chi connectivity index (χ2v) is 4.59. The van der Waals surface area contributed by atoms with E-state index in [0.717, 1.165) is 22.2 Å². The van der Waals surface area contributed by atoms with Gasteiger partial charge in [0.2, 0.25) is 0 Å². The van der Waals surface area contributed by atoms with Gasteiger partial charge in [0.1, 0.15) is 0 Å². The summed E-state index contributed by atoms with van der Waals surface area (Å²) in [5, 5.41) is 13.8. The van der Waals surface area contributed by atoms with Crippen LogP contribution in [0.1, 0.15) is 17.3 Å². The minimum Gasteiger partial charge on any atom is -0.394 e. The lowest BCUT2D eigenvalue weighted by Crippen LogP contribution is -2.27. The molecule has 2 rings (SSSR count). The summed E-state index contributed by atoms with van der Waals surface area (Å²) in [5.74, 6) is 0. The van der Waals surface area contributed by atoms with E-state index in [9.17, 15) is 5.11 Å². The number of aromatic nitrogens is 1. The number of nitrogens with one attached hydrogen (secondary N) is 1. The van der Waals surface area contributed by atoms with Gasteiger partial charge in [-0.1, -0.05) is 12.1 Å². The number of rotatable bonds is 6. The number of aliphatic hydroxyl groups is 1. The van der Waals surface area contributed by atoms with E-state index < -0.39 is 0 Å². The number of methoxy groups -OCH3 is 1. The van der Waals surface area contributed by atoms with E-state index in [1.165, 1.54) is 0 Å². The molecule has 1 aromatic carbocycles. The Morgan fingerprint density at radius 1 is 1.32 bits per heavy atom. The number of hydrogen-bond donors (Lipinski definition) is 2. The number of benzene rings is 1. The van der Waals surface area contributed by atoms with Crippen molar-refractivity contribution in [2.24, 2.45) is 0 Å². The molecule has 1 aromatic heterocycles. The summed E-state index contributed by atoms with van der Waals surface area (Å²) >= 11 is 0. The van der Waals surface area contributed by atoms with Gasteiger partial charge in [-0.15, -0.1) is 0 Å². The lowest BCUT2D eigenvalue weighted by molar-refractivity contribution is 0.184. The number of aryl methyl sites for hydroxylation is 1. The molecule has 0 fully saturated rings. The van der Waals surface area contributed by atoms with Crippen molar-refractivity contribution in [2.75, 3.05) is 26.9 Å². The predicted molar refractivity (Wildman–Crippen MR) is 76.2 cm³/mol. The van der Waals surface area contributed by atoms with Crippen LogP contribution in [0.5, 0.6) is 0 Å². The number of fused-ring (bicyclic) bond motifs is 1. The summed E-state index contributed by atoms with van der Waals surface area (Å²) in [7, 11) is 1.67. The normalized spacial score (nSPS) is 12.8. The summed E-state index contributed by atoms with van der Waals surface area (Å²) < 4.78 is 5.00. The molecule has 0 amide bonds.